The van der Waals surface area contributed by atoms with Crippen LogP contribution >= 0.6 is 11.8 Å². The second-order valence-electron chi connectivity index (χ2n) is 5.66. The normalized spacial score (nSPS) is 23.8. The number of carbonyl (C=O) groups is 1. The molecule has 5 heteroatoms. The van der Waals surface area contributed by atoms with Crippen LogP contribution in [0.3, 0.4) is 0 Å². The number of nitrogens with zero attached hydrogens (tertiary/aromatic N) is 1. The number of benzene rings is 1. The molecule has 0 aliphatic carbocycles. The minimum Gasteiger partial charge on any atom is -0.381 e. The van der Waals surface area contributed by atoms with Gasteiger partial charge in [0.25, 0.3) is 0 Å². The van der Waals surface area contributed by atoms with E-state index in [4.69, 9.17) is 4.74 Å². The number of hydrogen-bond donors (Lipinski definition) is 1. The van der Waals surface area contributed by atoms with Crippen LogP contribution in [-0.4, -0.2) is 43.4 Å². The summed E-state index contributed by atoms with van der Waals surface area (Å²) in [5, 5.41) is 3.34. The van der Waals surface area contributed by atoms with Crippen molar-refractivity contribution >= 4 is 17.7 Å². The summed E-state index contributed by atoms with van der Waals surface area (Å²) in [5.41, 5.74) is 1.17. The first kappa shape index (κ1) is 14.9. The van der Waals surface area contributed by atoms with Crippen molar-refractivity contribution in [3.05, 3.63) is 29.8 Å². The van der Waals surface area contributed by atoms with E-state index in [1.165, 1.54) is 10.5 Å². The van der Waals surface area contributed by atoms with Crippen molar-refractivity contribution < 1.29 is 9.53 Å². The van der Waals surface area contributed by atoms with E-state index < -0.39 is 0 Å². The van der Waals surface area contributed by atoms with Crippen molar-refractivity contribution in [2.45, 2.75) is 23.9 Å². The van der Waals surface area contributed by atoms with Crippen LogP contribution in [0.1, 0.15) is 24.6 Å². The molecule has 4 nitrogen and oxygen atoms in total. The van der Waals surface area contributed by atoms with Crippen LogP contribution in [0.4, 0.5) is 0 Å². The molecule has 2 aliphatic rings. The Kier molecular flexibility index (Phi) is 4.83. The lowest BCUT2D eigenvalue weighted by Gasteiger charge is -2.31. The van der Waals surface area contributed by atoms with Gasteiger partial charge in [-0.3, -0.25) is 10.1 Å². The predicted octanol–water partition coefficient (Wildman–Crippen LogP) is 2.27. The molecule has 0 aromatic heterocycles. The molecule has 21 heavy (non-hydrogen) atoms. The molecule has 114 valence electrons. The van der Waals surface area contributed by atoms with Crippen molar-refractivity contribution in [2.24, 2.45) is 5.92 Å². The smallest absolute Gasteiger partial charge is 0.238 e. The summed E-state index contributed by atoms with van der Waals surface area (Å²) in [6, 6.07) is 8.49. The van der Waals surface area contributed by atoms with Gasteiger partial charge in [-0.25, -0.2) is 0 Å². The monoisotopic (exact) mass is 306 g/mol. The molecule has 2 saturated heterocycles. The highest BCUT2D eigenvalue weighted by molar-refractivity contribution is 7.98. The third-order valence-corrected chi connectivity index (χ3v) is 5.05. The van der Waals surface area contributed by atoms with Crippen molar-refractivity contribution in [2.75, 3.05) is 32.6 Å². The summed E-state index contributed by atoms with van der Waals surface area (Å²) in [7, 11) is 0. The maximum atomic E-state index is 12.2. The molecule has 2 heterocycles. The summed E-state index contributed by atoms with van der Waals surface area (Å²) in [4.78, 5) is 15.4. The summed E-state index contributed by atoms with van der Waals surface area (Å²) >= 11 is 1.74. The Balaban J connectivity index is 1.71. The van der Waals surface area contributed by atoms with Gasteiger partial charge in [0.15, 0.2) is 0 Å². The highest BCUT2D eigenvalue weighted by atomic mass is 32.2. The zero-order chi connectivity index (χ0) is 14.7. The molecule has 1 aromatic carbocycles. The van der Waals surface area contributed by atoms with Gasteiger partial charge in [0, 0.05) is 24.7 Å². The highest BCUT2D eigenvalue weighted by Crippen LogP contribution is 2.27. The first-order valence-corrected chi connectivity index (χ1v) is 8.75. The Morgan fingerprint density at radius 2 is 2.00 bits per heavy atom. The van der Waals surface area contributed by atoms with Gasteiger partial charge in [-0.15, -0.1) is 11.8 Å². The van der Waals surface area contributed by atoms with E-state index in [-0.39, 0.29) is 12.1 Å². The van der Waals surface area contributed by atoms with Gasteiger partial charge >= 0.3 is 0 Å². The molecular formula is C16H22N2O2S. The molecule has 3 rings (SSSR count). The second kappa shape index (κ2) is 6.81. The van der Waals surface area contributed by atoms with Crippen molar-refractivity contribution in [3.8, 4) is 0 Å². The summed E-state index contributed by atoms with van der Waals surface area (Å²) in [5.74, 6) is 0.774. The molecule has 1 aromatic rings. The molecule has 0 bridgehead atoms. The number of hydrogen-bond acceptors (Lipinski definition) is 4. The molecule has 1 amide bonds. The second-order valence-corrected chi connectivity index (χ2v) is 6.54. The highest BCUT2D eigenvalue weighted by Gasteiger charge is 2.33. The average molecular weight is 306 g/mol. The lowest BCUT2D eigenvalue weighted by atomic mass is 9.99. The predicted molar refractivity (Wildman–Crippen MR) is 84.2 cm³/mol. The zero-order valence-corrected chi connectivity index (χ0v) is 13.2. The van der Waals surface area contributed by atoms with Crippen LogP contribution in [0, 0.1) is 5.92 Å². The fraction of sp³-hybridized carbons (Fsp3) is 0.562. The van der Waals surface area contributed by atoms with Crippen LogP contribution in [0.15, 0.2) is 29.2 Å². The van der Waals surface area contributed by atoms with Crippen LogP contribution in [0.5, 0.6) is 0 Å². The third kappa shape index (κ3) is 3.42. The van der Waals surface area contributed by atoms with Crippen molar-refractivity contribution in [1.82, 2.24) is 10.2 Å². The van der Waals surface area contributed by atoms with E-state index >= 15 is 0 Å². The van der Waals surface area contributed by atoms with Gasteiger partial charge in [-0.05, 0) is 42.7 Å². The Morgan fingerprint density at radius 3 is 2.67 bits per heavy atom. The van der Waals surface area contributed by atoms with E-state index in [2.05, 4.69) is 35.8 Å². The quantitative estimate of drug-likeness (QED) is 0.867. The topological polar surface area (TPSA) is 41.6 Å². The first-order chi connectivity index (χ1) is 10.3. The Morgan fingerprint density at radius 1 is 1.29 bits per heavy atom. The number of amides is 1. The first-order valence-electron chi connectivity index (χ1n) is 7.52. The van der Waals surface area contributed by atoms with Gasteiger partial charge in [0.05, 0.1) is 6.54 Å². The Hall–Kier alpha value is -1.04. The lowest BCUT2D eigenvalue weighted by molar-refractivity contribution is -0.129. The van der Waals surface area contributed by atoms with E-state index in [0.717, 1.165) is 32.6 Å². The average Bonchev–Trinajstić information content (AvgIpc) is 2.90. The largest absolute Gasteiger partial charge is 0.381 e. The number of thioether (sulfide) groups is 1. The fourth-order valence-corrected chi connectivity index (χ4v) is 3.45. The lowest BCUT2D eigenvalue weighted by Crippen LogP contribution is -2.36. The number of ether oxygens (including phenoxy) is 1. The van der Waals surface area contributed by atoms with E-state index in [1.54, 1.807) is 11.8 Å². The SMILES string of the molecule is CSc1ccc(C2NCC(=O)N2CC2CCOCC2)cc1. The Bertz CT molecular complexity index is 486. The maximum Gasteiger partial charge on any atom is 0.238 e. The van der Waals surface area contributed by atoms with E-state index in [1.807, 2.05) is 4.90 Å². The molecule has 1 N–H and O–H groups in total. The minimum absolute atomic E-state index is 0.0243. The molecular weight excluding hydrogens is 284 g/mol. The van der Waals surface area contributed by atoms with E-state index in [9.17, 15) is 4.79 Å². The molecule has 2 fully saturated rings. The van der Waals surface area contributed by atoms with Gasteiger partial charge in [0.2, 0.25) is 5.91 Å². The molecule has 0 spiro atoms. The van der Waals surface area contributed by atoms with Crippen LogP contribution in [0.25, 0.3) is 0 Å². The third-order valence-electron chi connectivity index (χ3n) is 4.31. The Labute approximate surface area is 130 Å². The van der Waals surface area contributed by atoms with Crippen LogP contribution < -0.4 is 5.32 Å². The van der Waals surface area contributed by atoms with Crippen molar-refractivity contribution in [3.63, 3.8) is 0 Å². The van der Waals surface area contributed by atoms with Gasteiger partial charge < -0.3 is 9.64 Å². The molecule has 0 saturated carbocycles. The van der Waals surface area contributed by atoms with Gasteiger partial charge in [-0.2, -0.15) is 0 Å². The van der Waals surface area contributed by atoms with Gasteiger partial charge in [0.1, 0.15) is 6.17 Å². The van der Waals surface area contributed by atoms with Crippen molar-refractivity contribution in [1.29, 1.82) is 0 Å². The summed E-state index contributed by atoms with van der Waals surface area (Å²) < 4.78 is 5.41. The number of carbonyl (C=O) groups excluding carboxylic acids is 1. The molecule has 2 aliphatic heterocycles. The van der Waals surface area contributed by atoms with E-state index in [0.29, 0.717) is 12.5 Å². The minimum atomic E-state index is 0.0243. The van der Waals surface area contributed by atoms with Crippen LogP contribution in [0.2, 0.25) is 0 Å². The number of rotatable bonds is 4. The summed E-state index contributed by atoms with van der Waals surface area (Å²) in [6.07, 6.45) is 4.21. The maximum absolute atomic E-state index is 12.2. The number of nitrogens with one attached hydrogen (secondary N) is 1. The summed E-state index contributed by atoms with van der Waals surface area (Å²) in [6.45, 7) is 2.93. The zero-order valence-electron chi connectivity index (χ0n) is 12.4. The van der Waals surface area contributed by atoms with Gasteiger partial charge in [-0.1, -0.05) is 12.1 Å². The standard InChI is InChI=1S/C16H22N2O2S/c1-21-14-4-2-13(3-5-14)16-17-10-15(19)18(16)11-12-6-8-20-9-7-12/h2-5,12,16-17H,6-11H2,1H3. The van der Waals surface area contributed by atoms with Crippen LogP contribution in [-0.2, 0) is 9.53 Å². The molecule has 1 atom stereocenters. The fourth-order valence-electron chi connectivity index (χ4n) is 3.04. The molecule has 1 unspecified atom stereocenters. The molecule has 0 radical (unpaired) electrons.